The number of ether oxygens (including phenoxy) is 2. The lowest BCUT2D eigenvalue weighted by Gasteiger charge is -2.01. The van der Waals surface area contributed by atoms with Crippen LogP contribution >= 0.6 is 0 Å². The van der Waals surface area contributed by atoms with Crippen molar-refractivity contribution in [2.45, 2.75) is 13.3 Å². The van der Waals surface area contributed by atoms with Crippen LogP contribution in [0.5, 0.6) is 11.5 Å². The summed E-state index contributed by atoms with van der Waals surface area (Å²) in [7, 11) is 3.27. The van der Waals surface area contributed by atoms with Crippen molar-refractivity contribution < 1.29 is 14.3 Å². The van der Waals surface area contributed by atoms with Crippen molar-refractivity contribution in [1.82, 2.24) is 0 Å². The lowest BCUT2D eigenvalue weighted by Crippen LogP contribution is -2.06. The zero-order valence-corrected chi connectivity index (χ0v) is 9.32. The normalized spacial score (nSPS) is 8.47. The topological polar surface area (TPSA) is 61.6 Å². The summed E-state index contributed by atoms with van der Waals surface area (Å²) in [6.45, 7) is 1.72. The quantitative estimate of drug-likeness (QED) is 0.825. The SMILES string of the molecule is CCC(N)=O.COc1cccc(OC)c1. The number of amides is 1. The summed E-state index contributed by atoms with van der Waals surface area (Å²) in [5, 5.41) is 0. The Morgan fingerprint density at radius 1 is 1.27 bits per heavy atom. The van der Waals surface area contributed by atoms with Crippen LogP contribution in [-0.4, -0.2) is 20.1 Å². The average molecular weight is 211 g/mol. The molecule has 0 radical (unpaired) electrons. The smallest absolute Gasteiger partial charge is 0.217 e. The summed E-state index contributed by atoms with van der Waals surface area (Å²) in [4.78, 5) is 9.59. The fourth-order valence-electron chi connectivity index (χ4n) is 0.728. The lowest BCUT2D eigenvalue weighted by molar-refractivity contribution is -0.117. The number of benzene rings is 1. The van der Waals surface area contributed by atoms with Crippen LogP contribution in [0.4, 0.5) is 0 Å². The minimum absolute atomic E-state index is 0.245. The minimum Gasteiger partial charge on any atom is -0.497 e. The molecule has 0 saturated heterocycles. The Balaban J connectivity index is 0.000000336. The first-order valence-corrected chi connectivity index (χ1v) is 4.60. The monoisotopic (exact) mass is 211 g/mol. The molecule has 0 fully saturated rings. The van der Waals surface area contributed by atoms with E-state index >= 15 is 0 Å². The average Bonchev–Trinajstić information content (AvgIpc) is 2.29. The molecule has 1 rings (SSSR count). The number of hydrogen-bond donors (Lipinski definition) is 1. The van der Waals surface area contributed by atoms with Crippen LogP contribution in [-0.2, 0) is 4.79 Å². The summed E-state index contributed by atoms with van der Waals surface area (Å²) in [5.41, 5.74) is 4.65. The fraction of sp³-hybridized carbons (Fsp3) is 0.364. The van der Waals surface area contributed by atoms with Gasteiger partial charge in [0.25, 0.3) is 0 Å². The van der Waals surface area contributed by atoms with Gasteiger partial charge in [0.15, 0.2) is 0 Å². The van der Waals surface area contributed by atoms with E-state index in [1.54, 1.807) is 21.1 Å². The molecule has 1 aromatic rings. The second kappa shape index (κ2) is 7.67. The number of rotatable bonds is 3. The predicted molar refractivity (Wildman–Crippen MR) is 59.0 cm³/mol. The first-order valence-electron chi connectivity index (χ1n) is 4.60. The Kier molecular flexibility index (Phi) is 6.80. The second-order valence-corrected chi connectivity index (χ2v) is 2.70. The molecule has 0 aliphatic heterocycles. The van der Waals surface area contributed by atoms with Crippen molar-refractivity contribution >= 4 is 5.91 Å². The predicted octanol–water partition coefficient (Wildman–Crippen LogP) is 1.59. The molecule has 0 aliphatic rings. The first kappa shape index (κ1) is 13.3. The van der Waals surface area contributed by atoms with Crippen LogP contribution in [0, 0.1) is 0 Å². The van der Waals surface area contributed by atoms with Crippen LogP contribution in [0.25, 0.3) is 0 Å². The maximum atomic E-state index is 9.59. The van der Waals surface area contributed by atoms with E-state index in [0.717, 1.165) is 11.5 Å². The molecule has 1 aromatic carbocycles. The molecule has 0 atom stereocenters. The van der Waals surface area contributed by atoms with Crippen molar-refractivity contribution in [1.29, 1.82) is 0 Å². The van der Waals surface area contributed by atoms with E-state index in [0.29, 0.717) is 6.42 Å². The molecule has 0 aliphatic carbocycles. The highest BCUT2D eigenvalue weighted by Crippen LogP contribution is 2.17. The number of nitrogens with two attached hydrogens (primary N) is 1. The summed E-state index contributed by atoms with van der Waals surface area (Å²) >= 11 is 0. The molecule has 4 nitrogen and oxygen atoms in total. The zero-order valence-electron chi connectivity index (χ0n) is 9.32. The Labute approximate surface area is 90.0 Å². The summed E-state index contributed by atoms with van der Waals surface area (Å²) in [5.74, 6) is 1.39. The van der Waals surface area contributed by atoms with Crippen molar-refractivity contribution in [3.05, 3.63) is 24.3 Å². The second-order valence-electron chi connectivity index (χ2n) is 2.70. The van der Waals surface area contributed by atoms with E-state index in [4.69, 9.17) is 9.47 Å². The number of hydrogen-bond acceptors (Lipinski definition) is 3. The maximum absolute atomic E-state index is 9.59. The van der Waals surface area contributed by atoms with E-state index < -0.39 is 0 Å². The third-order valence-electron chi connectivity index (χ3n) is 1.63. The molecule has 4 heteroatoms. The molecule has 2 N–H and O–H groups in total. The van der Waals surface area contributed by atoms with Gasteiger partial charge in [0.2, 0.25) is 5.91 Å². The molecule has 1 amide bonds. The van der Waals surface area contributed by atoms with Gasteiger partial charge in [0.05, 0.1) is 14.2 Å². The van der Waals surface area contributed by atoms with E-state index in [2.05, 4.69) is 5.73 Å². The maximum Gasteiger partial charge on any atom is 0.217 e. The van der Waals surface area contributed by atoms with Gasteiger partial charge >= 0.3 is 0 Å². The molecule has 0 heterocycles. The highest BCUT2D eigenvalue weighted by Gasteiger charge is 1.91. The molecule has 15 heavy (non-hydrogen) atoms. The first-order chi connectivity index (χ1) is 7.13. The molecular weight excluding hydrogens is 194 g/mol. The highest BCUT2D eigenvalue weighted by atomic mass is 16.5. The van der Waals surface area contributed by atoms with Gasteiger partial charge in [-0.15, -0.1) is 0 Å². The van der Waals surface area contributed by atoms with E-state index in [-0.39, 0.29) is 5.91 Å². The van der Waals surface area contributed by atoms with Gasteiger partial charge in [-0.05, 0) is 12.1 Å². The molecule has 0 unspecified atom stereocenters. The van der Waals surface area contributed by atoms with E-state index in [9.17, 15) is 4.79 Å². The summed E-state index contributed by atoms with van der Waals surface area (Å²) < 4.78 is 9.95. The van der Waals surface area contributed by atoms with Crippen molar-refractivity contribution in [2.24, 2.45) is 5.73 Å². The molecule has 0 spiro atoms. The summed E-state index contributed by atoms with van der Waals surface area (Å²) in [6, 6.07) is 7.47. The van der Waals surface area contributed by atoms with Crippen molar-refractivity contribution in [3.63, 3.8) is 0 Å². The molecule has 0 saturated carbocycles. The molecule has 0 bridgehead atoms. The van der Waals surface area contributed by atoms with Crippen LogP contribution in [0.15, 0.2) is 24.3 Å². The Morgan fingerprint density at radius 2 is 1.67 bits per heavy atom. The summed E-state index contributed by atoms with van der Waals surface area (Å²) in [6.07, 6.45) is 0.444. The van der Waals surface area contributed by atoms with Crippen LogP contribution < -0.4 is 15.2 Å². The van der Waals surface area contributed by atoms with Gasteiger partial charge in [-0.2, -0.15) is 0 Å². The van der Waals surface area contributed by atoms with Crippen molar-refractivity contribution in [3.8, 4) is 11.5 Å². The molecular formula is C11H17NO3. The van der Waals surface area contributed by atoms with Gasteiger partial charge in [0.1, 0.15) is 11.5 Å². The van der Waals surface area contributed by atoms with Gasteiger partial charge < -0.3 is 15.2 Å². The number of carbonyl (C=O) groups excluding carboxylic acids is 1. The third-order valence-corrected chi connectivity index (χ3v) is 1.63. The fourth-order valence-corrected chi connectivity index (χ4v) is 0.728. The van der Waals surface area contributed by atoms with Crippen molar-refractivity contribution in [2.75, 3.05) is 14.2 Å². The lowest BCUT2D eigenvalue weighted by atomic mass is 10.3. The Morgan fingerprint density at radius 3 is 1.93 bits per heavy atom. The van der Waals surface area contributed by atoms with Gasteiger partial charge in [0, 0.05) is 12.5 Å². The Bertz CT molecular complexity index is 280. The third kappa shape index (κ3) is 6.37. The Hall–Kier alpha value is -1.71. The van der Waals surface area contributed by atoms with Gasteiger partial charge in [-0.1, -0.05) is 13.0 Å². The zero-order chi connectivity index (χ0) is 11.7. The van der Waals surface area contributed by atoms with Gasteiger partial charge in [-0.25, -0.2) is 0 Å². The number of methoxy groups -OCH3 is 2. The van der Waals surface area contributed by atoms with Crippen LogP contribution in [0.3, 0.4) is 0 Å². The molecule has 0 aromatic heterocycles. The highest BCUT2D eigenvalue weighted by molar-refractivity contribution is 5.73. The van der Waals surface area contributed by atoms with E-state index in [1.165, 1.54) is 0 Å². The van der Waals surface area contributed by atoms with E-state index in [1.807, 2.05) is 24.3 Å². The number of carbonyl (C=O) groups is 1. The van der Waals surface area contributed by atoms with Crippen LogP contribution in [0.1, 0.15) is 13.3 Å². The van der Waals surface area contributed by atoms with Gasteiger partial charge in [-0.3, -0.25) is 4.79 Å². The van der Waals surface area contributed by atoms with Crippen LogP contribution in [0.2, 0.25) is 0 Å². The minimum atomic E-state index is -0.245. The standard InChI is InChI=1S/C8H10O2.C3H7NO/c1-9-7-4-3-5-8(6-7)10-2;1-2-3(4)5/h3-6H,1-2H3;2H2,1H3,(H2,4,5). The largest absolute Gasteiger partial charge is 0.497 e. The number of primary amides is 1. The molecule has 84 valence electrons.